The minimum Gasteiger partial charge on any atom is -0.480 e. The van der Waals surface area contributed by atoms with Gasteiger partial charge in [0.05, 0.1) is 6.26 Å². The molecule has 1 aliphatic rings. The molecule has 1 aromatic carbocycles. The van der Waals surface area contributed by atoms with Crippen LogP contribution in [-0.2, 0) is 4.79 Å². The van der Waals surface area contributed by atoms with E-state index in [4.69, 9.17) is 9.15 Å². The minimum absolute atomic E-state index is 0.00991. The van der Waals surface area contributed by atoms with Crippen LogP contribution in [0.15, 0.2) is 52.5 Å². The highest BCUT2D eigenvalue weighted by Crippen LogP contribution is 2.38. The summed E-state index contributed by atoms with van der Waals surface area (Å²) in [5, 5.41) is 5.22. The van der Waals surface area contributed by atoms with E-state index < -0.39 is 6.10 Å². The summed E-state index contributed by atoms with van der Waals surface area (Å²) >= 11 is 1.36. The first kappa shape index (κ1) is 14.0. The number of carbonyl (C=O) groups is 1. The summed E-state index contributed by atoms with van der Waals surface area (Å²) in [5.74, 6) is 1.28. The Labute approximate surface area is 136 Å². The van der Waals surface area contributed by atoms with Crippen LogP contribution >= 0.6 is 11.3 Å². The van der Waals surface area contributed by atoms with Crippen molar-refractivity contribution in [2.75, 3.05) is 5.32 Å². The van der Waals surface area contributed by atoms with Gasteiger partial charge >= 0.3 is 0 Å². The lowest BCUT2D eigenvalue weighted by molar-refractivity contribution is -0.122. The molecular weight excluding hydrogens is 312 g/mol. The van der Waals surface area contributed by atoms with Gasteiger partial charge in [-0.25, -0.2) is 4.98 Å². The van der Waals surface area contributed by atoms with Gasteiger partial charge < -0.3 is 9.15 Å². The SMILES string of the molecule is C[C@@H]1c2ccccc2O[C@H]1C(=O)Nc1nc(-c2ccco2)cs1. The molecule has 0 saturated carbocycles. The molecular formula is C17H14N2O3S. The predicted octanol–water partition coefficient (Wildman–Crippen LogP) is 3.91. The van der Waals surface area contributed by atoms with E-state index in [0.29, 0.717) is 16.6 Å². The summed E-state index contributed by atoms with van der Waals surface area (Å²) in [6, 6.07) is 11.4. The molecule has 0 aliphatic carbocycles. The number of carbonyl (C=O) groups excluding carboxylic acids is 1. The summed E-state index contributed by atoms with van der Waals surface area (Å²) in [7, 11) is 0. The Hall–Kier alpha value is -2.60. The monoisotopic (exact) mass is 326 g/mol. The maximum Gasteiger partial charge on any atom is 0.267 e. The van der Waals surface area contributed by atoms with Gasteiger partial charge in [-0.3, -0.25) is 10.1 Å². The number of ether oxygens (including phenoxy) is 1. The summed E-state index contributed by atoms with van der Waals surface area (Å²) in [6.45, 7) is 1.99. The lowest BCUT2D eigenvalue weighted by atomic mass is 9.97. The summed E-state index contributed by atoms with van der Waals surface area (Å²) in [6.07, 6.45) is 1.06. The number of hydrogen-bond donors (Lipinski definition) is 1. The number of aromatic nitrogens is 1. The molecule has 23 heavy (non-hydrogen) atoms. The number of fused-ring (bicyclic) bond motifs is 1. The van der Waals surface area contributed by atoms with Crippen LogP contribution in [0.4, 0.5) is 5.13 Å². The number of nitrogens with one attached hydrogen (secondary N) is 1. The molecule has 1 amide bonds. The van der Waals surface area contributed by atoms with Crippen molar-refractivity contribution in [2.24, 2.45) is 0 Å². The molecule has 0 bridgehead atoms. The Morgan fingerprint density at radius 3 is 2.91 bits per heavy atom. The van der Waals surface area contributed by atoms with Crippen molar-refractivity contribution in [2.45, 2.75) is 18.9 Å². The second-order valence-electron chi connectivity index (χ2n) is 5.37. The van der Waals surface area contributed by atoms with Crippen LogP contribution in [0.1, 0.15) is 18.4 Å². The second-order valence-corrected chi connectivity index (χ2v) is 6.23. The maximum absolute atomic E-state index is 12.5. The number of thiazole rings is 1. The third-order valence-electron chi connectivity index (χ3n) is 3.88. The van der Waals surface area contributed by atoms with Crippen molar-refractivity contribution < 1.29 is 13.9 Å². The summed E-state index contributed by atoms with van der Waals surface area (Å²) < 4.78 is 11.1. The number of rotatable bonds is 3. The van der Waals surface area contributed by atoms with Crippen LogP contribution in [0.3, 0.4) is 0 Å². The molecule has 116 valence electrons. The molecule has 2 aromatic heterocycles. The van der Waals surface area contributed by atoms with Gasteiger partial charge in [0.1, 0.15) is 11.4 Å². The number of amides is 1. The van der Waals surface area contributed by atoms with Crippen molar-refractivity contribution >= 4 is 22.4 Å². The molecule has 0 fully saturated rings. The minimum atomic E-state index is -0.539. The highest BCUT2D eigenvalue weighted by Gasteiger charge is 2.36. The molecule has 3 aromatic rings. The molecule has 0 unspecified atom stereocenters. The third kappa shape index (κ3) is 2.51. The zero-order valence-corrected chi connectivity index (χ0v) is 13.2. The van der Waals surface area contributed by atoms with Crippen LogP contribution < -0.4 is 10.1 Å². The average molecular weight is 326 g/mol. The second kappa shape index (κ2) is 5.55. The molecule has 1 N–H and O–H groups in total. The molecule has 0 saturated heterocycles. The highest BCUT2D eigenvalue weighted by molar-refractivity contribution is 7.14. The highest BCUT2D eigenvalue weighted by atomic mass is 32.1. The largest absolute Gasteiger partial charge is 0.480 e. The standard InChI is InChI=1S/C17H14N2O3S/c1-10-11-5-2-3-6-13(11)22-15(10)16(20)19-17-18-12(9-23-17)14-7-4-8-21-14/h2-10,15H,1H3,(H,18,19,20)/t10-,15-/m1/s1. The normalized spacial score (nSPS) is 19.2. The first-order valence-electron chi connectivity index (χ1n) is 7.28. The number of furan rings is 1. The molecule has 6 heteroatoms. The van der Waals surface area contributed by atoms with Gasteiger partial charge in [-0.05, 0) is 18.2 Å². The van der Waals surface area contributed by atoms with Gasteiger partial charge in [-0.1, -0.05) is 25.1 Å². The number of hydrogen-bond acceptors (Lipinski definition) is 5. The quantitative estimate of drug-likeness (QED) is 0.792. The van der Waals surface area contributed by atoms with Crippen LogP contribution in [0.25, 0.3) is 11.5 Å². The fraction of sp³-hybridized carbons (Fsp3) is 0.176. The Morgan fingerprint density at radius 2 is 2.13 bits per heavy atom. The van der Waals surface area contributed by atoms with E-state index in [9.17, 15) is 4.79 Å². The first-order chi connectivity index (χ1) is 11.2. The number of para-hydroxylation sites is 1. The van der Waals surface area contributed by atoms with Gasteiger partial charge in [0, 0.05) is 16.9 Å². The zero-order valence-electron chi connectivity index (χ0n) is 12.4. The molecule has 0 radical (unpaired) electrons. The van der Waals surface area contributed by atoms with E-state index in [-0.39, 0.29) is 11.8 Å². The Balaban J connectivity index is 1.49. The van der Waals surface area contributed by atoms with Crippen molar-refractivity contribution in [1.82, 2.24) is 4.98 Å². The molecule has 2 atom stereocenters. The fourth-order valence-corrected chi connectivity index (χ4v) is 3.39. The number of anilines is 1. The van der Waals surface area contributed by atoms with Crippen LogP contribution in [0.2, 0.25) is 0 Å². The van der Waals surface area contributed by atoms with E-state index >= 15 is 0 Å². The summed E-state index contributed by atoms with van der Waals surface area (Å²) in [5.41, 5.74) is 1.77. The first-order valence-corrected chi connectivity index (χ1v) is 8.16. The van der Waals surface area contributed by atoms with E-state index in [1.165, 1.54) is 11.3 Å². The Morgan fingerprint density at radius 1 is 1.26 bits per heavy atom. The van der Waals surface area contributed by atoms with Crippen LogP contribution in [0, 0.1) is 0 Å². The van der Waals surface area contributed by atoms with Crippen LogP contribution in [0.5, 0.6) is 5.75 Å². The molecule has 4 rings (SSSR count). The number of nitrogens with zero attached hydrogens (tertiary/aromatic N) is 1. The molecule has 0 spiro atoms. The van der Waals surface area contributed by atoms with Gasteiger partial charge in [0.25, 0.3) is 5.91 Å². The molecule has 5 nitrogen and oxygen atoms in total. The van der Waals surface area contributed by atoms with Crippen molar-refractivity contribution in [3.8, 4) is 17.2 Å². The fourth-order valence-electron chi connectivity index (χ4n) is 2.69. The van der Waals surface area contributed by atoms with Gasteiger partial charge in [-0.15, -0.1) is 11.3 Å². The van der Waals surface area contributed by atoms with Gasteiger partial charge in [0.2, 0.25) is 0 Å². The third-order valence-corrected chi connectivity index (χ3v) is 4.64. The molecule has 3 heterocycles. The predicted molar refractivity (Wildman–Crippen MR) is 87.7 cm³/mol. The van der Waals surface area contributed by atoms with E-state index in [0.717, 1.165) is 11.3 Å². The van der Waals surface area contributed by atoms with E-state index in [2.05, 4.69) is 10.3 Å². The maximum atomic E-state index is 12.5. The van der Waals surface area contributed by atoms with Gasteiger partial charge in [-0.2, -0.15) is 0 Å². The van der Waals surface area contributed by atoms with Crippen molar-refractivity contribution in [3.63, 3.8) is 0 Å². The Kier molecular flexibility index (Phi) is 3.38. The van der Waals surface area contributed by atoms with Crippen molar-refractivity contribution in [1.29, 1.82) is 0 Å². The van der Waals surface area contributed by atoms with E-state index in [1.807, 2.05) is 42.6 Å². The topological polar surface area (TPSA) is 64.4 Å². The smallest absolute Gasteiger partial charge is 0.267 e. The van der Waals surface area contributed by atoms with E-state index in [1.54, 1.807) is 12.3 Å². The van der Waals surface area contributed by atoms with Crippen LogP contribution in [-0.4, -0.2) is 17.0 Å². The lowest BCUT2D eigenvalue weighted by Gasteiger charge is -2.13. The lowest BCUT2D eigenvalue weighted by Crippen LogP contribution is -2.33. The van der Waals surface area contributed by atoms with Crippen molar-refractivity contribution in [3.05, 3.63) is 53.6 Å². The average Bonchev–Trinajstić information content (AvgIpc) is 3.27. The zero-order chi connectivity index (χ0) is 15.8. The van der Waals surface area contributed by atoms with Gasteiger partial charge in [0.15, 0.2) is 17.0 Å². The summed E-state index contributed by atoms with van der Waals surface area (Å²) in [4.78, 5) is 16.9. The molecule has 1 aliphatic heterocycles. The number of benzene rings is 1. The Bertz CT molecular complexity index is 841.